The van der Waals surface area contributed by atoms with E-state index in [2.05, 4.69) is 28.7 Å². The van der Waals surface area contributed by atoms with Gasteiger partial charge in [0.25, 0.3) is 0 Å². The Balaban J connectivity index is 2.61. The molecule has 1 aromatic heterocycles. The van der Waals surface area contributed by atoms with Crippen LogP contribution in [-0.4, -0.2) is 7.85 Å². The number of furan rings is 1. The van der Waals surface area contributed by atoms with Crippen molar-refractivity contribution >= 4 is 57.8 Å². The van der Waals surface area contributed by atoms with Gasteiger partial charge >= 0.3 is 0 Å². The van der Waals surface area contributed by atoms with Crippen molar-refractivity contribution in [1.82, 2.24) is 0 Å². The van der Waals surface area contributed by atoms with Gasteiger partial charge < -0.3 is 4.42 Å². The highest BCUT2D eigenvalue weighted by atomic mass is 127. The summed E-state index contributed by atoms with van der Waals surface area (Å²) in [6.45, 7) is 0. The van der Waals surface area contributed by atoms with Crippen LogP contribution in [0.3, 0.4) is 0 Å². The molecule has 0 atom stereocenters. The summed E-state index contributed by atoms with van der Waals surface area (Å²) in [6.07, 6.45) is 0. The number of fused-ring (bicyclic) bond motifs is 3. The summed E-state index contributed by atoms with van der Waals surface area (Å²) in [5.41, 5.74) is 2.52. The van der Waals surface area contributed by atoms with Crippen molar-refractivity contribution in [3.63, 3.8) is 0 Å². The summed E-state index contributed by atoms with van der Waals surface area (Å²) < 4.78 is 6.89. The predicted molar refractivity (Wildman–Crippen MR) is 71.8 cm³/mol. The van der Waals surface area contributed by atoms with E-state index in [0.29, 0.717) is 0 Å². The van der Waals surface area contributed by atoms with Crippen LogP contribution < -0.4 is 5.46 Å². The molecule has 3 heteroatoms. The molecule has 0 aliphatic rings. The minimum Gasteiger partial charge on any atom is -0.456 e. The van der Waals surface area contributed by atoms with Crippen LogP contribution in [0.4, 0.5) is 0 Å². The average Bonchev–Trinajstić information content (AvgIpc) is 2.57. The second kappa shape index (κ2) is 3.27. The number of halogens is 1. The van der Waals surface area contributed by atoms with Crippen molar-refractivity contribution in [2.24, 2.45) is 0 Å². The molecule has 3 rings (SSSR count). The second-order valence-electron chi connectivity index (χ2n) is 3.46. The maximum atomic E-state index is 5.95. The van der Waals surface area contributed by atoms with Crippen LogP contribution in [0.25, 0.3) is 21.9 Å². The van der Waals surface area contributed by atoms with Gasteiger partial charge in [0.15, 0.2) is 0 Å². The first-order valence-corrected chi connectivity index (χ1v) is 5.70. The third kappa shape index (κ3) is 1.37. The summed E-state index contributed by atoms with van der Waals surface area (Å²) in [5, 5.41) is 2.11. The van der Waals surface area contributed by atoms with E-state index in [4.69, 9.17) is 12.3 Å². The van der Waals surface area contributed by atoms with E-state index in [1.165, 1.54) is 3.57 Å². The Kier molecular flexibility index (Phi) is 2.02. The van der Waals surface area contributed by atoms with Crippen LogP contribution in [0.15, 0.2) is 40.8 Å². The Bertz CT molecular complexity index is 657. The Hall–Kier alpha value is -0.965. The maximum absolute atomic E-state index is 5.95. The van der Waals surface area contributed by atoms with Gasteiger partial charge in [0, 0.05) is 14.3 Å². The number of rotatable bonds is 0. The minimum atomic E-state index is 0.772. The second-order valence-corrected chi connectivity index (χ2v) is 4.71. The fraction of sp³-hybridized carbons (Fsp3) is 0. The fourth-order valence-corrected chi connectivity index (χ4v) is 2.32. The molecule has 0 fully saturated rings. The van der Waals surface area contributed by atoms with Crippen LogP contribution in [0.1, 0.15) is 0 Å². The molecule has 1 heterocycles. The van der Waals surface area contributed by atoms with Crippen molar-refractivity contribution in [2.45, 2.75) is 0 Å². The first-order chi connectivity index (χ1) is 7.25. The van der Waals surface area contributed by atoms with E-state index < -0.39 is 0 Å². The zero-order valence-corrected chi connectivity index (χ0v) is 9.99. The molecule has 0 unspecified atom stereocenters. The van der Waals surface area contributed by atoms with Gasteiger partial charge in [0.05, 0.1) is 0 Å². The van der Waals surface area contributed by atoms with Crippen molar-refractivity contribution < 1.29 is 4.42 Å². The van der Waals surface area contributed by atoms with Gasteiger partial charge in [-0.05, 0) is 46.9 Å². The molecule has 0 aliphatic carbocycles. The van der Waals surface area contributed by atoms with Crippen LogP contribution in [0.5, 0.6) is 0 Å². The summed E-state index contributed by atoms with van der Waals surface area (Å²) in [4.78, 5) is 0. The maximum Gasteiger partial charge on any atom is 0.135 e. The number of hydrogen-bond donors (Lipinski definition) is 0. The molecular formula is C12H6BIO. The Morgan fingerprint density at radius 1 is 1.07 bits per heavy atom. The monoisotopic (exact) mass is 304 g/mol. The largest absolute Gasteiger partial charge is 0.456 e. The zero-order chi connectivity index (χ0) is 10.4. The molecule has 0 N–H and O–H groups in total. The van der Waals surface area contributed by atoms with Gasteiger partial charge in [0.1, 0.15) is 19.0 Å². The Morgan fingerprint density at radius 2 is 1.93 bits per heavy atom. The van der Waals surface area contributed by atoms with Crippen molar-refractivity contribution in [2.75, 3.05) is 0 Å². The van der Waals surface area contributed by atoms with Gasteiger partial charge in [-0.15, -0.1) is 0 Å². The molecule has 0 saturated carbocycles. The zero-order valence-electron chi connectivity index (χ0n) is 7.83. The first-order valence-electron chi connectivity index (χ1n) is 4.62. The van der Waals surface area contributed by atoms with Gasteiger partial charge in [-0.3, -0.25) is 0 Å². The molecular weight excluding hydrogens is 298 g/mol. The summed E-state index contributed by atoms with van der Waals surface area (Å²) in [6, 6.07) is 11.9. The molecule has 0 aliphatic heterocycles. The Morgan fingerprint density at radius 3 is 2.80 bits per heavy atom. The van der Waals surface area contributed by atoms with Gasteiger partial charge in [-0.25, -0.2) is 0 Å². The highest BCUT2D eigenvalue weighted by Gasteiger charge is 2.07. The van der Waals surface area contributed by atoms with Crippen LogP contribution in [0.2, 0.25) is 0 Å². The third-order valence-electron chi connectivity index (χ3n) is 2.49. The Labute approximate surface area is 102 Å². The van der Waals surface area contributed by atoms with Crippen molar-refractivity contribution in [1.29, 1.82) is 0 Å². The lowest BCUT2D eigenvalue weighted by Crippen LogP contribution is -2.01. The summed E-state index contributed by atoms with van der Waals surface area (Å²) in [7, 11) is 5.95. The normalized spacial score (nSPS) is 11.3. The number of benzene rings is 2. The smallest absolute Gasteiger partial charge is 0.135 e. The van der Waals surface area contributed by atoms with Gasteiger partial charge in [0.2, 0.25) is 0 Å². The molecule has 0 bridgehead atoms. The van der Waals surface area contributed by atoms with E-state index >= 15 is 0 Å². The lowest BCUT2D eigenvalue weighted by molar-refractivity contribution is 0.669. The minimum absolute atomic E-state index is 0.772. The lowest BCUT2D eigenvalue weighted by Gasteiger charge is -1.94. The lowest BCUT2D eigenvalue weighted by atomic mass is 9.91. The molecule has 0 saturated heterocycles. The van der Waals surface area contributed by atoms with E-state index in [0.717, 1.165) is 27.4 Å². The molecule has 3 aromatic rings. The summed E-state index contributed by atoms with van der Waals surface area (Å²) in [5.74, 6) is 0. The van der Waals surface area contributed by atoms with Gasteiger partial charge in [-0.2, -0.15) is 0 Å². The number of hydrogen-bond acceptors (Lipinski definition) is 1. The molecule has 15 heavy (non-hydrogen) atoms. The third-order valence-corrected chi connectivity index (χ3v) is 3.16. The molecule has 0 amide bonds. The van der Waals surface area contributed by atoms with E-state index in [-0.39, 0.29) is 0 Å². The van der Waals surface area contributed by atoms with Crippen molar-refractivity contribution in [3.05, 3.63) is 40.0 Å². The fourth-order valence-electron chi connectivity index (χ4n) is 1.83. The molecule has 1 nitrogen and oxygen atoms in total. The van der Waals surface area contributed by atoms with E-state index in [1.54, 1.807) is 0 Å². The van der Waals surface area contributed by atoms with Gasteiger partial charge in [-0.1, -0.05) is 17.6 Å². The molecule has 70 valence electrons. The van der Waals surface area contributed by atoms with E-state index in [9.17, 15) is 0 Å². The first kappa shape index (κ1) is 9.27. The topological polar surface area (TPSA) is 13.1 Å². The van der Waals surface area contributed by atoms with Crippen LogP contribution in [-0.2, 0) is 0 Å². The summed E-state index contributed by atoms with van der Waals surface area (Å²) >= 11 is 2.29. The van der Waals surface area contributed by atoms with Crippen molar-refractivity contribution in [3.8, 4) is 0 Å². The average molecular weight is 304 g/mol. The quantitative estimate of drug-likeness (QED) is 0.460. The highest BCUT2D eigenvalue weighted by molar-refractivity contribution is 14.1. The SMILES string of the molecule is [B]c1cccc2oc3ccc(I)cc3c12. The highest BCUT2D eigenvalue weighted by Crippen LogP contribution is 2.28. The molecule has 2 radical (unpaired) electrons. The van der Waals surface area contributed by atoms with Crippen LogP contribution >= 0.6 is 22.6 Å². The van der Waals surface area contributed by atoms with Crippen LogP contribution in [0, 0.1) is 3.57 Å². The molecule has 2 aromatic carbocycles. The predicted octanol–water partition coefficient (Wildman–Crippen LogP) is 2.98. The molecule has 0 spiro atoms. The standard InChI is InChI=1S/C12H6BIO/c13-9-2-1-3-11-12(9)8-6-7(14)4-5-10(8)15-11/h1-6H. The van der Waals surface area contributed by atoms with E-state index in [1.807, 2.05) is 30.3 Å².